The van der Waals surface area contributed by atoms with Crippen LogP contribution in [0, 0.1) is 0 Å². The van der Waals surface area contributed by atoms with E-state index in [2.05, 4.69) is 43.0 Å². The van der Waals surface area contributed by atoms with E-state index < -0.39 is 0 Å². The molecule has 0 bridgehead atoms. The van der Waals surface area contributed by atoms with Crippen molar-refractivity contribution in [2.45, 2.75) is 0 Å². The van der Waals surface area contributed by atoms with Crippen LogP contribution in [0.2, 0.25) is 0 Å². The second-order valence-electron chi connectivity index (χ2n) is 0.789. The fraction of sp³-hybridized carbons (Fsp3) is 0.500. The first kappa shape index (κ1) is 7.47. The quantitative estimate of drug-likeness (QED) is 0.312. The highest BCUT2D eigenvalue weighted by molar-refractivity contribution is 5.22. The molecular formula is C2H5N7. The van der Waals surface area contributed by atoms with E-state index in [1.54, 1.807) is 0 Å². The Balaban J connectivity index is 3.46. The average molecular weight is 127 g/mol. The maximum absolute atomic E-state index is 3.25. The summed E-state index contributed by atoms with van der Waals surface area (Å²) < 4.78 is 0. The lowest BCUT2D eigenvalue weighted by atomic mass is 11.6. The van der Waals surface area contributed by atoms with E-state index in [9.17, 15) is 0 Å². The van der Waals surface area contributed by atoms with Crippen molar-refractivity contribution in [2.24, 2.45) is 36.3 Å². The van der Waals surface area contributed by atoms with Gasteiger partial charge in [0.1, 0.15) is 0 Å². The van der Waals surface area contributed by atoms with Gasteiger partial charge >= 0.3 is 0 Å². The number of hydrogen-bond acceptors (Lipinski definition) is 2. The summed E-state index contributed by atoms with van der Waals surface area (Å²) in [6.07, 6.45) is 0. The third-order valence-corrected chi connectivity index (χ3v) is 0.313. The predicted molar refractivity (Wildman–Crippen MR) is 30.0 cm³/mol. The number of hydrogen-bond donors (Lipinski definition) is 0. The van der Waals surface area contributed by atoms with Crippen LogP contribution in [0.15, 0.2) is 36.3 Å². The number of nitrogens with zero attached hydrogens (tertiary/aromatic N) is 7. The molecule has 7 nitrogen and oxygen atoms in total. The van der Waals surface area contributed by atoms with Crippen LogP contribution in [0.1, 0.15) is 0 Å². The van der Waals surface area contributed by atoms with Crippen molar-refractivity contribution in [1.82, 2.24) is 0 Å². The molecule has 0 spiro atoms. The van der Waals surface area contributed by atoms with Crippen molar-refractivity contribution in [3.63, 3.8) is 0 Å². The van der Waals surface area contributed by atoms with Crippen LogP contribution in [-0.4, -0.2) is 13.8 Å². The minimum atomic E-state index is 1.46. The van der Waals surface area contributed by atoms with Crippen LogP contribution in [0.4, 0.5) is 0 Å². The van der Waals surface area contributed by atoms with Crippen LogP contribution < -0.4 is 0 Å². The topological polar surface area (TPSA) is 86.5 Å². The third kappa shape index (κ3) is 6.47. The Morgan fingerprint density at radius 3 is 2.00 bits per heavy atom. The third-order valence-electron chi connectivity index (χ3n) is 0.313. The molecule has 48 valence electrons. The molecule has 0 heterocycles. The van der Waals surface area contributed by atoms with Crippen LogP contribution >= 0.6 is 0 Å². The molecule has 0 aliphatic carbocycles. The smallest absolute Gasteiger partial charge is 0.0510 e. The standard InChI is InChI=1S/C2H5N7/c1-3-5-7-9-8-6-4-2/h1H2,2H3. The van der Waals surface area contributed by atoms with Gasteiger partial charge in [-0.05, 0) is 26.1 Å². The summed E-state index contributed by atoms with van der Waals surface area (Å²) >= 11 is 0. The first-order chi connectivity index (χ1) is 4.41. The second-order valence-corrected chi connectivity index (χ2v) is 0.789. The minimum absolute atomic E-state index is 1.46. The monoisotopic (exact) mass is 127 g/mol. The molecule has 0 unspecified atom stereocenters. The lowest BCUT2D eigenvalue weighted by Gasteiger charge is -1.66. The summed E-state index contributed by atoms with van der Waals surface area (Å²) in [6.45, 7) is 3.01. The summed E-state index contributed by atoms with van der Waals surface area (Å²) in [4.78, 5) is 0. The SMILES string of the molecule is C=NN=NN=NN=NC. The van der Waals surface area contributed by atoms with E-state index in [1.165, 1.54) is 7.05 Å². The molecule has 0 aromatic heterocycles. The Kier molecular flexibility index (Phi) is 5.37. The van der Waals surface area contributed by atoms with Crippen molar-refractivity contribution >= 4 is 6.72 Å². The van der Waals surface area contributed by atoms with Gasteiger partial charge in [0.2, 0.25) is 0 Å². The predicted octanol–water partition coefficient (Wildman–Crippen LogP) is 1.42. The van der Waals surface area contributed by atoms with Crippen molar-refractivity contribution < 1.29 is 0 Å². The van der Waals surface area contributed by atoms with Gasteiger partial charge in [-0.2, -0.15) is 5.11 Å². The summed E-state index contributed by atoms with van der Waals surface area (Å²) in [7, 11) is 1.46. The maximum Gasteiger partial charge on any atom is 0.0510 e. The molecule has 0 N–H and O–H groups in total. The van der Waals surface area contributed by atoms with E-state index in [0.717, 1.165) is 0 Å². The fourth-order valence-electron chi connectivity index (χ4n) is 0.122. The Morgan fingerprint density at radius 1 is 0.889 bits per heavy atom. The van der Waals surface area contributed by atoms with Gasteiger partial charge in [0.25, 0.3) is 0 Å². The average Bonchev–Trinajstić information content (AvgIpc) is 1.89. The van der Waals surface area contributed by atoms with Gasteiger partial charge in [-0.1, -0.05) is 0 Å². The first-order valence-electron chi connectivity index (χ1n) is 1.96. The Morgan fingerprint density at radius 2 is 1.44 bits per heavy atom. The van der Waals surface area contributed by atoms with Gasteiger partial charge < -0.3 is 0 Å². The molecule has 0 aliphatic heterocycles. The lowest BCUT2D eigenvalue weighted by Crippen LogP contribution is -1.47. The maximum atomic E-state index is 3.25. The van der Waals surface area contributed by atoms with E-state index in [4.69, 9.17) is 0 Å². The van der Waals surface area contributed by atoms with E-state index in [1.807, 2.05) is 0 Å². The Labute approximate surface area is 51.3 Å². The van der Waals surface area contributed by atoms with Crippen LogP contribution in [0.3, 0.4) is 0 Å². The highest BCUT2D eigenvalue weighted by Gasteiger charge is 1.61. The van der Waals surface area contributed by atoms with Crippen molar-refractivity contribution in [1.29, 1.82) is 0 Å². The second kappa shape index (κ2) is 6.47. The number of rotatable bonds is 3. The molecule has 0 aromatic rings. The molecule has 0 fully saturated rings. The molecule has 0 saturated carbocycles. The molecule has 0 rings (SSSR count). The highest BCUT2D eigenvalue weighted by atomic mass is 15.6. The molecule has 0 aromatic carbocycles. The minimum Gasteiger partial charge on any atom is -0.171 e. The highest BCUT2D eigenvalue weighted by Crippen LogP contribution is 1.80. The van der Waals surface area contributed by atoms with Crippen LogP contribution in [0.25, 0.3) is 0 Å². The van der Waals surface area contributed by atoms with E-state index in [-0.39, 0.29) is 0 Å². The molecule has 0 saturated heterocycles. The normalized spacial score (nSPS) is 12.1. The Bertz CT molecular complexity index is 143. The van der Waals surface area contributed by atoms with E-state index in [0.29, 0.717) is 0 Å². The zero-order valence-corrected chi connectivity index (χ0v) is 4.84. The fourth-order valence-corrected chi connectivity index (χ4v) is 0.122. The van der Waals surface area contributed by atoms with Gasteiger partial charge in [0.15, 0.2) is 0 Å². The van der Waals surface area contributed by atoms with Crippen molar-refractivity contribution in [3.05, 3.63) is 0 Å². The zero-order valence-electron chi connectivity index (χ0n) is 4.84. The Hall–Kier alpha value is -1.53. The summed E-state index contributed by atoms with van der Waals surface area (Å²) in [5, 5.41) is 21.5. The lowest BCUT2D eigenvalue weighted by molar-refractivity contribution is 0.821. The molecule has 9 heavy (non-hydrogen) atoms. The van der Waals surface area contributed by atoms with Crippen molar-refractivity contribution in [3.8, 4) is 0 Å². The molecule has 0 radical (unpaired) electrons. The first-order valence-corrected chi connectivity index (χ1v) is 1.96. The van der Waals surface area contributed by atoms with Crippen molar-refractivity contribution in [2.75, 3.05) is 7.05 Å². The van der Waals surface area contributed by atoms with Gasteiger partial charge in [-0.15, -0.1) is 5.10 Å². The van der Waals surface area contributed by atoms with Crippen LogP contribution in [-0.2, 0) is 0 Å². The summed E-state index contributed by atoms with van der Waals surface area (Å²) in [6, 6.07) is 0. The van der Waals surface area contributed by atoms with Gasteiger partial charge in [-0.3, -0.25) is 0 Å². The van der Waals surface area contributed by atoms with Crippen LogP contribution in [0.5, 0.6) is 0 Å². The molecule has 0 amide bonds. The van der Waals surface area contributed by atoms with E-state index >= 15 is 0 Å². The molecular weight excluding hydrogens is 122 g/mol. The summed E-state index contributed by atoms with van der Waals surface area (Å²) in [5.41, 5.74) is 0. The molecule has 7 heteroatoms. The van der Waals surface area contributed by atoms with Gasteiger partial charge in [0, 0.05) is 6.72 Å². The largest absolute Gasteiger partial charge is 0.171 e. The van der Waals surface area contributed by atoms with Gasteiger partial charge in [-0.25, -0.2) is 0 Å². The van der Waals surface area contributed by atoms with Gasteiger partial charge in [0.05, 0.1) is 7.05 Å². The molecule has 0 atom stereocenters. The zero-order chi connectivity index (χ0) is 6.95. The molecule has 0 aliphatic rings. The summed E-state index contributed by atoms with van der Waals surface area (Å²) in [5.74, 6) is 0.